The lowest BCUT2D eigenvalue weighted by atomic mass is 10.3. The number of ether oxygens (including phenoxy) is 2. The van der Waals surface area contributed by atoms with E-state index in [1.165, 1.54) is 12.1 Å². The van der Waals surface area contributed by atoms with E-state index in [0.29, 0.717) is 34.3 Å². The first-order chi connectivity index (χ1) is 8.69. The Hall–Kier alpha value is -1.05. The van der Waals surface area contributed by atoms with Crippen LogP contribution < -0.4 is 4.74 Å². The van der Waals surface area contributed by atoms with Crippen LogP contribution in [0.1, 0.15) is 5.82 Å². The Morgan fingerprint density at radius 1 is 1.44 bits per heavy atom. The summed E-state index contributed by atoms with van der Waals surface area (Å²) >= 11 is 4.25. The summed E-state index contributed by atoms with van der Waals surface area (Å²) in [5, 5.41) is 0.430. The molecular formula is C11H10BrFN2O2S. The molecule has 0 aliphatic carbocycles. The number of nitrogens with zero attached hydrogens (tertiary/aromatic N) is 2. The third-order valence-electron chi connectivity index (χ3n) is 2.08. The maximum absolute atomic E-state index is 13.0. The van der Waals surface area contributed by atoms with Crippen LogP contribution in [-0.2, 0) is 11.2 Å². The van der Waals surface area contributed by atoms with Crippen LogP contribution in [0.3, 0.4) is 0 Å². The number of benzene rings is 1. The van der Waals surface area contributed by atoms with E-state index in [2.05, 4.69) is 25.3 Å². The van der Waals surface area contributed by atoms with E-state index in [1.807, 2.05) is 0 Å². The van der Waals surface area contributed by atoms with E-state index in [0.717, 1.165) is 11.5 Å². The van der Waals surface area contributed by atoms with Crippen molar-refractivity contribution in [3.05, 3.63) is 34.3 Å². The largest absolute Gasteiger partial charge is 0.430 e. The third-order valence-corrected chi connectivity index (χ3v) is 3.32. The molecule has 0 aliphatic heterocycles. The van der Waals surface area contributed by atoms with Gasteiger partial charge in [0.2, 0.25) is 0 Å². The second-order valence-electron chi connectivity index (χ2n) is 3.40. The van der Waals surface area contributed by atoms with Crippen LogP contribution in [0, 0.1) is 5.82 Å². The van der Waals surface area contributed by atoms with Crippen molar-refractivity contribution in [1.29, 1.82) is 0 Å². The highest BCUT2D eigenvalue weighted by atomic mass is 79.9. The molecule has 4 nitrogen and oxygen atoms in total. The van der Waals surface area contributed by atoms with Crippen LogP contribution in [0.2, 0.25) is 0 Å². The van der Waals surface area contributed by atoms with Gasteiger partial charge in [-0.1, -0.05) is 0 Å². The van der Waals surface area contributed by atoms with E-state index in [1.54, 1.807) is 13.2 Å². The summed E-state index contributed by atoms with van der Waals surface area (Å²) in [6.07, 6.45) is 0.642. The second kappa shape index (κ2) is 6.21. The van der Waals surface area contributed by atoms with Crippen molar-refractivity contribution >= 4 is 27.5 Å². The monoisotopic (exact) mass is 332 g/mol. The standard InChI is InChI=1S/C11H10BrFN2O2S/c1-16-5-4-10-14-11(18-15-10)17-7-2-3-9(13)8(12)6-7/h2-3,6H,4-5H2,1H3. The van der Waals surface area contributed by atoms with E-state index in [-0.39, 0.29) is 5.82 Å². The molecule has 2 rings (SSSR count). The number of rotatable bonds is 5. The highest BCUT2D eigenvalue weighted by Crippen LogP contribution is 2.27. The van der Waals surface area contributed by atoms with Gasteiger partial charge in [-0.05, 0) is 34.1 Å². The van der Waals surface area contributed by atoms with Gasteiger partial charge in [0.05, 0.1) is 11.1 Å². The Kier molecular flexibility index (Phi) is 4.62. The molecule has 1 aromatic carbocycles. The maximum atomic E-state index is 13.0. The van der Waals surface area contributed by atoms with Crippen molar-refractivity contribution in [2.45, 2.75) is 6.42 Å². The zero-order valence-electron chi connectivity index (χ0n) is 9.52. The number of aromatic nitrogens is 2. The normalized spacial score (nSPS) is 10.6. The molecule has 0 fully saturated rings. The van der Waals surface area contributed by atoms with Crippen LogP contribution in [0.5, 0.6) is 10.9 Å². The number of halogens is 2. The summed E-state index contributed by atoms with van der Waals surface area (Å²) in [4.78, 5) is 4.19. The van der Waals surface area contributed by atoms with Crippen LogP contribution >= 0.6 is 27.5 Å². The molecule has 0 saturated carbocycles. The molecule has 2 aromatic rings. The molecule has 1 heterocycles. The highest BCUT2D eigenvalue weighted by molar-refractivity contribution is 9.10. The Balaban J connectivity index is 2.04. The second-order valence-corrected chi connectivity index (χ2v) is 4.97. The lowest BCUT2D eigenvalue weighted by Gasteiger charge is -2.01. The van der Waals surface area contributed by atoms with Gasteiger partial charge < -0.3 is 9.47 Å². The fourth-order valence-corrected chi connectivity index (χ4v) is 2.17. The average molecular weight is 333 g/mol. The minimum Gasteiger partial charge on any atom is -0.430 e. The van der Waals surface area contributed by atoms with Crippen molar-refractivity contribution in [1.82, 2.24) is 9.36 Å². The summed E-state index contributed by atoms with van der Waals surface area (Å²) in [6, 6.07) is 4.41. The van der Waals surface area contributed by atoms with Crippen LogP contribution in [0.4, 0.5) is 4.39 Å². The van der Waals surface area contributed by atoms with Crippen LogP contribution in [0.25, 0.3) is 0 Å². The van der Waals surface area contributed by atoms with Gasteiger partial charge in [0.1, 0.15) is 17.4 Å². The summed E-state index contributed by atoms with van der Waals surface area (Å²) < 4.78 is 27.9. The first-order valence-corrected chi connectivity index (χ1v) is 6.70. The molecule has 0 aliphatic rings. The maximum Gasteiger partial charge on any atom is 0.298 e. The molecule has 0 N–H and O–H groups in total. The lowest BCUT2D eigenvalue weighted by molar-refractivity contribution is 0.200. The lowest BCUT2D eigenvalue weighted by Crippen LogP contribution is -1.96. The Labute approximate surface area is 116 Å². The quantitative estimate of drug-likeness (QED) is 0.841. The Morgan fingerprint density at radius 3 is 3.00 bits per heavy atom. The van der Waals surface area contributed by atoms with Gasteiger partial charge in [0.25, 0.3) is 5.19 Å². The van der Waals surface area contributed by atoms with Gasteiger partial charge in [-0.25, -0.2) is 4.39 Å². The smallest absolute Gasteiger partial charge is 0.298 e. The highest BCUT2D eigenvalue weighted by Gasteiger charge is 2.07. The van der Waals surface area contributed by atoms with E-state index in [4.69, 9.17) is 9.47 Å². The number of methoxy groups -OCH3 is 1. The van der Waals surface area contributed by atoms with Gasteiger partial charge in [-0.3, -0.25) is 0 Å². The molecule has 7 heteroatoms. The van der Waals surface area contributed by atoms with Crippen LogP contribution in [-0.4, -0.2) is 23.1 Å². The topological polar surface area (TPSA) is 44.2 Å². The number of hydrogen-bond donors (Lipinski definition) is 0. The average Bonchev–Trinajstić information content (AvgIpc) is 2.79. The first-order valence-electron chi connectivity index (χ1n) is 5.13. The molecule has 1 aromatic heterocycles. The fraction of sp³-hybridized carbons (Fsp3) is 0.273. The molecule has 0 spiro atoms. The SMILES string of the molecule is COCCc1nsc(Oc2ccc(F)c(Br)c2)n1. The molecule has 0 bridgehead atoms. The van der Waals surface area contributed by atoms with E-state index >= 15 is 0 Å². The summed E-state index contributed by atoms with van der Waals surface area (Å²) in [7, 11) is 1.62. The molecular weight excluding hydrogens is 323 g/mol. The molecule has 0 radical (unpaired) electrons. The predicted octanol–water partition coefficient (Wildman–Crippen LogP) is 3.42. The molecule has 0 atom stereocenters. The third kappa shape index (κ3) is 3.47. The molecule has 0 saturated heterocycles. The first kappa shape index (κ1) is 13.4. The molecule has 0 unspecified atom stereocenters. The minimum absolute atomic E-state index is 0.333. The zero-order chi connectivity index (χ0) is 13.0. The Morgan fingerprint density at radius 2 is 2.28 bits per heavy atom. The molecule has 18 heavy (non-hydrogen) atoms. The van der Waals surface area contributed by atoms with Gasteiger partial charge in [0, 0.05) is 25.1 Å². The fourth-order valence-electron chi connectivity index (χ4n) is 1.22. The van der Waals surface area contributed by atoms with Gasteiger partial charge in [-0.15, -0.1) is 0 Å². The van der Waals surface area contributed by atoms with E-state index in [9.17, 15) is 4.39 Å². The van der Waals surface area contributed by atoms with Crippen molar-refractivity contribution in [3.63, 3.8) is 0 Å². The predicted molar refractivity (Wildman–Crippen MR) is 69.7 cm³/mol. The van der Waals surface area contributed by atoms with Gasteiger partial charge in [-0.2, -0.15) is 9.36 Å². The van der Waals surface area contributed by atoms with Crippen molar-refractivity contribution in [2.75, 3.05) is 13.7 Å². The minimum atomic E-state index is -0.333. The molecule has 0 amide bonds. The van der Waals surface area contributed by atoms with Crippen molar-refractivity contribution < 1.29 is 13.9 Å². The van der Waals surface area contributed by atoms with E-state index < -0.39 is 0 Å². The summed E-state index contributed by atoms with van der Waals surface area (Å²) in [5.41, 5.74) is 0. The number of hydrogen-bond acceptors (Lipinski definition) is 5. The van der Waals surface area contributed by atoms with Crippen LogP contribution in [0.15, 0.2) is 22.7 Å². The van der Waals surface area contributed by atoms with Gasteiger partial charge >= 0.3 is 0 Å². The Bertz CT molecular complexity index is 536. The van der Waals surface area contributed by atoms with Gasteiger partial charge in [0.15, 0.2) is 0 Å². The van der Waals surface area contributed by atoms with Crippen molar-refractivity contribution in [2.24, 2.45) is 0 Å². The molecule has 96 valence electrons. The van der Waals surface area contributed by atoms with Crippen molar-refractivity contribution in [3.8, 4) is 10.9 Å². The summed E-state index contributed by atoms with van der Waals surface area (Å²) in [6.45, 7) is 0.568. The summed E-state index contributed by atoms with van der Waals surface area (Å²) in [5.74, 6) is 0.858. The zero-order valence-corrected chi connectivity index (χ0v) is 11.9.